The van der Waals surface area contributed by atoms with Gasteiger partial charge in [0.15, 0.2) is 0 Å². The molecule has 2 aromatic rings. The lowest BCUT2D eigenvalue weighted by Crippen LogP contribution is -2.52. The fourth-order valence-electron chi connectivity index (χ4n) is 4.10. The van der Waals surface area contributed by atoms with Gasteiger partial charge < -0.3 is 14.2 Å². The standard InChI is InChI=1S/C24H27NO4/c1-4-27-24-21(16-15-20(28-24)17(2)3)25(23(26)29-24)22(18-11-7-5-8-12-18)19-13-9-6-10-14-19/h5-15,17,21-22H,4,16H2,1-3H3. The number of amides is 1. The Bertz CT molecular complexity index is 841. The van der Waals surface area contributed by atoms with Crippen molar-refractivity contribution in [3.8, 4) is 0 Å². The van der Waals surface area contributed by atoms with E-state index in [0.29, 0.717) is 13.0 Å². The third kappa shape index (κ3) is 3.51. The van der Waals surface area contributed by atoms with Crippen LogP contribution in [0.25, 0.3) is 0 Å². The molecule has 1 saturated heterocycles. The predicted molar refractivity (Wildman–Crippen MR) is 110 cm³/mol. The first-order valence-corrected chi connectivity index (χ1v) is 10.2. The third-order valence-electron chi connectivity index (χ3n) is 5.41. The Hall–Kier alpha value is -2.79. The van der Waals surface area contributed by atoms with Gasteiger partial charge in [0.25, 0.3) is 0 Å². The molecule has 0 aromatic heterocycles. The van der Waals surface area contributed by atoms with Gasteiger partial charge in [0.2, 0.25) is 0 Å². The maximum atomic E-state index is 13.2. The van der Waals surface area contributed by atoms with Gasteiger partial charge in [-0.1, -0.05) is 74.5 Å². The molecule has 0 N–H and O–H groups in total. The molecule has 0 saturated carbocycles. The predicted octanol–water partition coefficient (Wildman–Crippen LogP) is 5.25. The van der Waals surface area contributed by atoms with E-state index in [1.165, 1.54) is 0 Å². The number of hydrogen-bond acceptors (Lipinski definition) is 4. The van der Waals surface area contributed by atoms with Crippen molar-refractivity contribution in [3.05, 3.63) is 83.6 Å². The molecule has 5 nitrogen and oxygen atoms in total. The molecule has 2 atom stereocenters. The molecular formula is C24H27NO4. The SMILES string of the molecule is CCOC12OC(=O)N(C(c3ccccc3)c3ccccc3)C1CC=C(C(C)C)O2. The summed E-state index contributed by atoms with van der Waals surface area (Å²) in [5.41, 5.74) is 2.03. The molecule has 2 aliphatic heterocycles. The molecule has 4 rings (SSSR count). The highest BCUT2D eigenvalue weighted by Crippen LogP contribution is 2.46. The van der Waals surface area contributed by atoms with Gasteiger partial charge >= 0.3 is 12.1 Å². The van der Waals surface area contributed by atoms with Crippen molar-refractivity contribution in [2.45, 2.75) is 45.2 Å². The Labute approximate surface area is 171 Å². The van der Waals surface area contributed by atoms with E-state index in [-0.39, 0.29) is 18.0 Å². The van der Waals surface area contributed by atoms with E-state index < -0.39 is 12.1 Å². The van der Waals surface area contributed by atoms with E-state index in [1.54, 1.807) is 4.90 Å². The molecule has 5 heteroatoms. The smallest absolute Gasteiger partial charge is 0.416 e. The van der Waals surface area contributed by atoms with Crippen LogP contribution < -0.4 is 0 Å². The highest BCUT2D eigenvalue weighted by molar-refractivity contribution is 5.73. The molecule has 1 amide bonds. The molecule has 29 heavy (non-hydrogen) atoms. The molecule has 1 fully saturated rings. The zero-order chi connectivity index (χ0) is 20.4. The van der Waals surface area contributed by atoms with Crippen LogP contribution in [0.2, 0.25) is 0 Å². The van der Waals surface area contributed by atoms with E-state index in [0.717, 1.165) is 16.9 Å². The van der Waals surface area contributed by atoms with Gasteiger partial charge in [0, 0.05) is 5.92 Å². The Morgan fingerprint density at radius 3 is 2.14 bits per heavy atom. The maximum absolute atomic E-state index is 13.2. The molecule has 152 valence electrons. The normalized spacial score (nSPS) is 23.6. The topological polar surface area (TPSA) is 48.0 Å². The minimum Gasteiger partial charge on any atom is -0.433 e. The summed E-state index contributed by atoms with van der Waals surface area (Å²) in [5.74, 6) is -0.442. The van der Waals surface area contributed by atoms with E-state index in [9.17, 15) is 4.79 Å². The number of rotatable bonds is 6. The van der Waals surface area contributed by atoms with Crippen LogP contribution in [0, 0.1) is 5.92 Å². The van der Waals surface area contributed by atoms with E-state index in [4.69, 9.17) is 14.2 Å². The van der Waals surface area contributed by atoms with Crippen molar-refractivity contribution in [1.82, 2.24) is 4.90 Å². The van der Waals surface area contributed by atoms with Crippen molar-refractivity contribution in [3.63, 3.8) is 0 Å². The number of ether oxygens (including phenoxy) is 3. The zero-order valence-corrected chi connectivity index (χ0v) is 17.1. The monoisotopic (exact) mass is 393 g/mol. The van der Waals surface area contributed by atoms with Crippen LogP contribution in [0.5, 0.6) is 0 Å². The van der Waals surface area contributed by atoms with Crippen LogP contribution in [0.1, 0.15) is 44.4 Å². The van der Waals surface area contributed by atoms with Crippen LogP contribution in [-0.4, -0.2) is 29.6 Å². The lowest BCUT2D eigenvalue weighted by molar-refractivity contribution is -0.343. The summed E-state index contributed by atoms with van der Waals surface area (Å²) in [7, 11) is 0. The molecule has 2 heterocycles. The average molecular weight is 393 g/mol. The summed E-state index contributed by atoms with van der Waals surface area (Å²) in [4.78, 5) is 15.0. The van der Waals surface area contributed by atoms with Crippen LogP contribution in [0.15, 0.2) is 72.5 Å². The van der Waals surface area contributed by atoms with E-state index >= 15 is 0 Å². The summed E-state index contributed by atoms with van der Waals surface area (Å²) in [5, 5.41) is 0. The maximum Gasteiger partial charge on any atom is 0.416 e. The largest absolute Gasteiger partial charge is 0.433 e. The van der Waals surface area contributed by atoms with Gasteiger partial charge in [-0.15, -0.1) is 0 Å². The Kier molecular flexibility index (Phi) is 5.33. The second-order valence-corrected chi connectivity index (χ2v) is 7.65. The molecule has 0 aliphatic carbocycles. The third-order valence-corrected chi connectivity index (χ3v) is 5.41. The van der Waals surface area contributed by atoms with Gasteiger partial charge in [-0.05, 0) is 30.5 Å². The van der Waals surface area contributed by atoms with Crippen molar-refractivity contribution >= 4 is 6.09 Å². The Morgan fingerprint density at radius 1 is 1.03 bits per heavy atom. The Morgan fingerprint density at radius 2 is 1.62 bits per heavy atom. The number of allylic oxidation sites excluding steroid dienone is 1. The lowest BCUT2D eigenvalue weighted by atomic mass is 9.94. The molecule has 0 bridgehead atoms. The number of nitrogens with zero attached hydrogens (tertiary/aromatic N) is 1. The fourth-order valence-corrected chi connectivity index (χ4v) is 4.10. The van der Waals surface area contributed by atoms with Gasteiger partial charge in [0.1, 0.15) is 11.8 Å². The summed E-state index contributed by atoms with van der Waals surface area (Å²) in [6.45, 7) is 6.36. The van der Waals surface area contributed by atoms with Crippen LogP contribution in [0.3, 0.4) is 0 Å². The van der Waals surface area contributed by atoms with Crippen LogP contribution >= 0.6 is 0 Å². The molecular weight excluding hydrogens is 366 g/mol. The van der Waals surface area contributed by atoms with Gasteiger partial charge in [0.05, 0.1) is 12.6 Å². The summed E-state index contributed by atoms with van der Waals surface area (Å²) in [6.07, 6.45) is 2.23. The molecule has 2 aromatic carbocycles. The van der Waals surface area contributed by atoms with Crippen LogP contribution in [-0.2, 0) is 14.2 Å². The summed E-state index contributed by atoms with van der Waals surface area (Å²) >= 11 is 0. The first-order chi connectivity index (χ1) is 14.1. The highest BCUT2D eigenvalue weighted by atomic mass is 16.9. The highest BCUT2D eigenvalue weighted by Gasteiger charge is 2.61. The molecule has 0 spiro atoms. The average Bonchev–Trinajstić information content (AvgIpc) is 3.01. The van der Waals surface area contributed by atoms with E-state index in [2.05, 4.69) is 19.9 Å². The first kappa shape index (κ1) is 19.5. The van der Waals surface area contributed by atoms with Gasteiger partial charge in [-0.25, -0.2) is 4.79 Å². The van der Waals surface area contributed by atoms with E-state index in [1.807, 2.05) is 67.6 Å². The number of carbonyl (C=O) groups is 1. The fraction of sp³-hybridized carbons (Fsp3) is 0.375. The number of hydrogen-bond donors (Lipinski definition) is 0. The Balaban J connectivity index is 1.80. The van der Waals surface area contributed by atoms with Crippen molar-refractivity contribution in [2.75, 3.05) is 6.61 Å². The first-order valence-electron chi connectivity index (χ1n) is 10.2. The minimum atomic E-state index is -1.41. The quantitative estimate of drug-likeness (QED) is 0.673. The van der Waals surface area contributed by atoms with Gasteiger partial charge in [-0.3, -0.25) is 4.90 Å². The number of benzene rings is 2. The molecule has 0 radical (unpaired) electrons. The summed E-state index contributed by atoms with van der Waals surface area (Å²) in [6, 6.07) is 19.3. The van der Waals surface area contributed by atoms with Crippen LogP contribution in [0.4, 0.5) is 4.79 Å². The number of fused-ring (bicyclic) bond motifs is 1. The molecule has 2 aliphatic rings. The lowest BCUT2D eigenvalue weighted by Gasteiger charge is -2.39. The van der Waals surface area contributed by atoms with Crippen molar-refractivity contribution in [1.29, 1.82) is 0 Å². The number of carbonyl (C=O) groups excluding carboxylic acids is 1. The minimum absolute atomic E-state index is 0.181. The molecule has 2 unspecified atom stereocenters. The van der Waals surface area contributed by atoms with Gasteiger partial charge in [-0.2, -0.15) is 0 Å². The van der Waals surface area contributed by atoms with Crippen molar-refractivity contribution in [2.24, 2.45) is 5.92 Å². The summed E-state index contributed by atoms with van der Waals surface area (Å²) < 4.78 is 17.9. The second kappa shape index (κ2) is 7.91. The van der Waals surface area contributed by atoms with Crippen molar-refractivity contribution < 1.29 is 19.0 Å². The second-order valence-electron chi connectivity index (χ2n) is 7.65. The zero-order valence-electron chi connectivity index (χ0n) is 17.1.